The van der Waals surface area contributed by atoms with Gasteiger partial charge in [0.25, 0.3) is 5.91 Å². The fraction of sp³-hybridized carbons (Fsp3) is 0.263. The first-order valence-electron chi connectivity index (χ1n) is 8.59. The molecule has 1 amide bonds. The van der Waals surface area contributed by atoms with Gasteiger partial charge in [-0.15, -0.1) is 10.2 Å². The predicted molar refractivity (Wildman–Crippen MR) is 95.2 cm³/mol. The zero-order chi connectivity index (χ0) is 17.8. The summed E-state index contributed by atoms with van der Waals surface area (Å²) in [6.07, 6.45) is 3.28. The molecule has 1 aromatic carbocycles. The predicted octanol–water partition coefficient (Wildman–Crippen LogP) is 2.09. The molecule has 0 unspecified atom stereocenters. The average molecular weight is 349 g/mol. The smallest absolute Gasteiger partial charge is 0.255 e. The molecule has 0 N–H and O–H groups in total. The molecule has 2 aromatic heterocycles. The highest BCUT2D eigenvalue weighted by Crippen LogP contribution is 2.18. The Kier molecular flexibility index (Phi) is 4.70. The van der Waals surface area contributed by atoms with Crippen LogP contribution in [0.5, 0.6) is 0 Å². The van der Waals surface area contributed by atoms with Crippen molar-refractivity contribution in [3.05, 3.63) is 66.3 Å². The Hall–Kier alpha value is -3.06. The van der Waals surface area contributed by atoms with E-state index in [1.807, 2.05) is 35.2 Å². The number of hydrogen-bond donors (Lipinski definition) is 0. The Morgan fingerprint density at radius 1 is 1.00 bits per heavy atom. The lowest BCUT2D eigenvalue weighted by Crippen LogP contribution is -2.48. The minimum atomic E-state index is 0.0295. The summed E-state index contributed by atoms with van der Waals surface area (Å²) < 4.78 is 5.76. The van der Waals surface area contributed by atoms with Gasteiger partial charge in [0.1, 0.15) is 0 Å². The van der Waals surface area contributed by atoms with Crippen LogP contribution in [-0.2, 0) is 6.54 Å². The number of aromatic nitrogens is 3. The van der Waals surface area contributed by atoms with Crippen molar-refractivity contribution in [1.29, 1.82) is 0 Å². The molecule has 1 aliphatic rings. The number of benzene rings is 1. The minimum Gasteiger partial charge on any atom is -0.419 e. The van der Waals surface area contributed by atoms with Crippen LogP contribution in [0, 0.1) is 0 Å². The van der Waals surface area contributed by atoms with Crippen LogP contribution in [0.25, 0.3) is 11.5 Å². The van der Waals surface area contributed by atoms with E-state index in [0.717, 1.165) is 18.7 Å². The van der Waals surface area contributed by atoms with Gasteiger partial charge in [0.05, 0.1) is 12.1 Å². The van der Waals surface area contributed by atoms with Gasteiger partial charge < -0.3 is 9.32 Å². The number of rotatable bonds is 4. The van der Waals surface area contributed by atoms with Crippen LogP contribution >= 0.6 is 0 Å². The van der Waals surface area contributed by atoms with E-state index in [1.54, 1.807) is 24.5 Å². The summed E-state index contributed by atoms with van der Waals surface area (Å²) in [7, 11) is 0. The lowest BCUT2D eigenvalue weighted by atomic mass is 10.2. The first-order chi connectivity index (χ1) is 12.8. The molecule has 0 aliphatic carbocycles. The van der Waals surface area contributed by atoms with Gasteiger partial charge in [-0.05, 0) is 24.3 Å². The highest BCUT2D eigenvalue weighted by atomic mass is 16.4. The lowest BCUT2D eigenvalue weighted by Gasteiger charge is -2.33. The summed E-state index contributed by atoms with van der Waals surface area (Å²) in [5.41, 5.74) is 1.54. The molecule has 4 rings (SSSR count). The second-order valence-electron chi connectivity index (χ2n) is 6.18. The van der Waals surface area contributed by atoms with Crippen molar-refractivity contribution in [2.75, 3.05) is 26.2 Å². The van der Waals surface area contributed by atoms with Crippen LogP contribution < -0.4 is 0 Å². The SMILES string of the molecule is O=C(c1cccnc1)N1CCN(Cc2nnc(-c3ccccc3)o2)CC1. The van der Waals surface area contributed by atoms with Crippen molar-refractivity contribution in [3.63, 3.8) is 0 Å². The second kappa shape index (κ2) is 7.45. The van der Waals surface area contributed by atoms with E-state index in [1.165, 1.54) is 0 Å². The zero-order valence-electron chi connectivity index (χ0n) is 14.3. The molecule has 7 nitrogen and oxygen atoms in total. The molecule has 0 atom stereocenters. The van der Waals surface area contributed by atoms with Crippen molar-refractivity contribution >= 4 is 5.91 Å². The normalized spacial score (nSPS) is 15.2. The standard InChI is InChI=1S/C19H19N5O2/c25-19(16-7-4-8-20-13-16)24-11-9-23(10-12-24)14-17-21-22-18(26-17)15-5-2-1-3-6-15/h1-8,13H,9-12,14H2. The first kappa shape index (κ1) is 16.4. The maximum absolute atomic E-state index is 12.5. The van der Waals surface area contributed by atoms with Crippen LogP contribution in [0.4, 0.5) is 0 Å². The molecule has 0 spiro atoms. The maximum Gasteiger partial charge on any atom is 0.255 e. The van der Waals surface area contributed by atoms with Crippen molar-refractivity contribution < 1.29 is 9.21 Å². The summed E-state index contributed by atoms with van der Waals surface area (Å²) in [5.74, 6) is 1.16. The summed E-state index contributed by atoms with van der Waals surface area (Å²) in [5, 5.41) is 8.26. The molecule has 1 saturated heterocycles. The minimum absolute atomic E-state index is 0.0295. The maximum atomic E-state index is 12.5. The van der Waals surface area contributed by atoms with Gasteiger partial charge >= 0.3 is 0 Å². The second-order valence-corrected chi connectivity index (χ2v) is 6.18. The molecule has 0 bridgehead atoms. The van der Waals surface area contributed by atoms with Crippen LogP contribution in [0.1, 0.15) is 16.2 Å². The molecule has 0 radical (unpaired) electrons. The van der Waals surface area contributed by atoms with Gasteiger partial charge in [-0.3, -0.25) is 14.7 Å². The van der Waals surface area contributed by atoms with E-state index in [0.29, 0.717) is 37.0 Å². The molecule has 132 valence electrons. The summed E-state index contributed by atoms with van der Waals surface area (Å²) >= 11 is 0. The van der Waals surface area contributed by atoms with E-state index >= 15 is 0 Å². The number of carbonyl (C=O) groups is 1. The molecule has 26 heavy (non-hydrogen) atoms. The number of piperazine rings is 1. The summed E-state index contributed by atoms with van der Waals surface area (Å²) in [6.45, 7) is 3.49. The summed E-state index contributed by atoms with van der Waals surface area (Å²) in [4.78, 5) is 20.5. The molecule has 3 aromatic rings. The van der Waals surface area contributed by atoms with Gasteiger partial charge in [-0.25, -0.2) is 0 Å². The van der Waals surface area contributed by atoms with Gasteiger partial charge in [-0.1, -0.05) is 18.2 Å². The van der Waals surface area contributed by atoms with Gasteiger partial charge in [0.2, 0.25) is 11.8 Å². The van der Waals surface area contributed by atoms with Crippen molar-refractivity contribution in [1.82, 2.24) is 25.0 Å². The number of hydrogen-bond acceptors (Lipinski definition) is 6. The highest BCUT2D eigenvalue weighted by Gasteiger charge is 2.23. The fourth-order valence-electron chi connectivity index (χ4n) is 2.99. The van der Waals surface area contributed by atoms with Crippen LogP contribution in [0.3, 0.4) is 0 Å². The van der Waals surface area contributed by atoms with E-state index < -0.39 is 0 Å². The van der Waals surface area contributed by atoms with Crippen molar-refractivity contribution in [2.45, 2.75) is 6.54 Å². The van der Waals surface area contributed by atoms with Crippen molar-refractivity contribution in [3.8, 4) is 11.5 Å². The number of amides is 1. The number of nitrogens with zero attached hydrogens (tertiary/aromatic N) is 5. The van der Waals surface area contributed by atoms with E-state index in [2.05, 4.69) is 20.1 Å². The highest BCUT2D eigenvalue weighted by molar-refractivity contribution is 5.93. The molecule has 3 heterocycles. The lowest BCUT2D eigenvalue weighted by molar-refractivity contribution is 0.0618. The molecule has 7 heteroatoms. The molecular weight excluding hydrogens is 330 g/mol. The summed E-state index contributed by atoms with van der Waals surface area (Å²) in [6, 6.07) is 13.3. The van der Waals surface area contributed by atoms with Gasteiger partial charge in [0, 0.05) is 44.1 Å². The molecule has 0 saturated carbocycles. The van der Waals surface area contributed by atoms with Crippen molar-refractivity contribution in [2.24, 2.45) is 0 Å². The Morgan fingerprint density at radius 3 is 2.54 bits per heavy atom. The van der Waals surface area contributed by atoms with Crippen LogP contribution in [0.15, 0.2) is 59.3 Å². The van der Waals surface area contributed by atoms with Crippen LogP contribution in [-0.4, -0.2) is 57.1 Å². The van der Waals surface area contributed by atoms with Gasteiger partial charge in [-0.2, -0.15) is 0 Å². The van der Waals surface area contributed by atoms with Crippen LogP contribution in [0.2, 0.25) is 0 Å². The Balaban J connectivity index is 1.33. The Bertz CT molecular complexity index is 858. The van der Waals surface area contributed by atoms with E-state index in [9.17, 15) is 4.79 Å². The topological polar surface area (TPSA) is 75.4 Å². The largest absolute Gasteiger partial charge is 0.419 e. The Labute approximate surface area is 151 Å². The monoisotopic (exact) mass is 349 g/mol. The number of carbonyl (C=O) groups excluding carboxylic acids is 1. The number of pyridine rings is 1. The molecule has 1 aliphatic heterocycles. The third kappa shape index (κ3) is 3.62. The van der Waals surface area contributed by atoms with E-state index in [4.69, 9.17) is 4.42 Å². The van der Waals surface area contributed by atoms with E-state index in [-0.39, 0.29) is 5.91 Å². The fourth-order valence-corrected chi connectivity index (χ4v) is 2.99. The molecule has 1 fully saturated rings. The Morgan fingerprint density at radius 2 is 1.81 bits per heavy atom. The third-order valence-electron chi connectivity index (χ3n) is 4.41. The average Bonchev–Trinajstić information content (AvgIpc) is 3.18. The zero-order valence-corrected chi connectivity index (χ0v) is 14.3. The first-order valence-corrected chi connectivity index (χ1v) is 8.59. The third-order valence-corrected chi connectivity index (χ3v) is 4.41. The quantitative estimate of drug-likeness (QED) is 0.718. The van der Waals surface area contributed by atoms with Gasteiger partial charge in [0.15, 0.2) is 0 Å². The molecular formula is C19H19N5O2.